The Bertz CT molecular complexity index is 478. The van der Waals surface area contributed by atoms with Gasteiger partial charge in [0.2, 0.25) is 0 Å². The lowest BCUT2D eigenvalue weighted by Gasteiger charge is -2.23. The minimum Gasteiger partial charge on any atom is -0.476 e. The number of carbonyl (C=O) groups is 2. The first kappa shape index (κ1) is 14.0. The van der Waals surface area contributed by atoms with Crippen LogP contribution in [0.2, 0.25) is 0 Å². The molecule has 100 valence electrons. The predicted molar refractivity (Wildman–Crippen MR) is 50.7 cm³/mol. The van der Waals surface area contributed by atoms with Gasteiger partial charge in [0.1, 0.15) is 0 Å². The van der Waals surface area contributed by atoms with Crippen LogP contribution in [0, 0.1) is 0 Å². The van der Waals surface area contributed by atoms with Gasteiger partial charge in [0.15, 0.2) is 11.5 Å². The molecular weight excluding hydrogens is 257 g/mol. The number of hydrogen-bond acceptors (Lipinski definition) is 4. The Kier molecular flexibility index (Phi) is 3.36. The summed E-state index contributed by atoms with van der Waals surface area (Å²) in [5.41, 5.74) is -1.99. The number of carboxylic acids is 1. The third-order valence-corrected chi connectivity index (χ3v) is 2.03. The molecule has 0 aliphatic heterocycles. The van der Waals surface area contributed by atoms with E-state index in [2.05, 4.69) is 9.68 Å². The van der Waals surface area contributed by atoms with Crippen LogP contribution < -0.4 is 5.32 Å². The van der Waals surface area contributed by atoms with Crippen LogP contribution in [-0.4, -0.2) is 28.3 Å². The summed E-state index contributed by atoms with van der Waals surface area (Å²) in [5.74, 6) is -3.73. The van der Waals surface area contributed by atoms with Gasteiger partial charge in [0.25, 0.3) is 0 Å². The number of carboxylic acid groups (broad SMARTS) is 1. The Balaban J connectivity index is 2.92. The minimum atomic E-state index is -5.03. The molecule has 1 rings (SSSR count). The molecule has 0 fully saturated rings. The van der Waals surface area contributed by atoms with Crippen molar-refractivity contribution in [1.82, 2.24) is 10.5 Å². The van der Waals surface area contributed by atoms with Gasteiger partial charge in [-0.15, -0.1) is 0 Å². The molecule has 1 aromatic heterocycles. The Hall–Kier alpha value is -2.06. The summed E-state index contributed by atoms with van der Waals surface area (Å²) < 4.78 is 40.8. The van der Waals surface area contributed by atoms with Gasteiger partial charge in [-0.3, -0.25) is 4.79 Å². The summed E-state index contributed by atoms with van der Waals surface area (Å²) in [4.78, 5) is 21.3. The average Bonchev–Trinajstić information content (AvgIpc) is 2.64. The summed E-state index contributed by atoms with van der Waals surface area (Å²) in [6.07, 6.45) is -5.03. The van der Waals surface area contributed by atoms with Gasteiger partial charge in [0, 0.05) is 6.07 Å². The highest BCUT2D eigenvalue weighted by molar-refractivity contribution is 5.85. The molecule has 0 aliphatic carbocycles. The van der Waals surface area contributed by atoms with E-state index in [1.807, 2.05) is 0 Å². The lowest BCUT2D eigenvalue weighted by atomic mass is 10.0. The number of aromatic nitrogens is 1. The molecule has 0 radical (unpaired) electrons. The zero-order valence-corrected chi connectivity index (χ0v) is 9.33. The highest BCUT2D eigenvalue weighted by Gasteiger charge is 2.42. The summed E-state index contributed by atoms with van der Waals surface area (Å²) in [6, 6.07) is 0.943. The highest BCUT2D eigenvalue weighted by atomic mass is 19.4. The van der Waals surface area contributed by atoms with Crippen LogP contribution in [0.3, 0.4) is 0 Å². The monoisotopic (exact) mass is 266 g/mol. The number of nitrogens with zero attached hydrogens (tertiary/aromatic N) is 1. The second-order valence-corrected chi connectivity index (χ2v) is 3.96. The first-order valence-corrected chi connectivity index (χ1v) is 4.64. The minimum absolute atomic E-state index is 0.197. The number of aromatic carboxylic acids is 1. The summed E-state index contributed by atoms with van der Waals surface area (Å²) >= 11 is 0. The van der Waals surface area contributed by atoms with Crippen molar-refractivity contribution in [1.29, 1.82) is 0 Å². The highest BCUT2D eigenvalue weighted by Crippen LogP contribution is 2.24. The van der Waals surface area contributed by atoms with Crippen molar-refractivity contribution >= 4 is 11.9 Å². The molecule has 0 saturated carbocycles. The number of carbonyl (C=O) groups excluding carboxylic acids is 1. The smallest absolute Gasteiger partial charge is 0.471 e. The quantitative estimate of drug-likeness (QED) is 0.859. The predicted octanol–water partition coefficient (Wildman–Crippen LogP) is 1.29. The Labute approximate surface area is 98.8 Å². The van der Waals surface area contributed by atoms with E-state index in [-0.39, 0.29) is 5.76 Å². The van der Waals surface area contributed by atoms with Crippen molar-refractivity contribution in [3.63, 3.8) is 0 Å². The zero-order chi connectivity index (χ0) is 14.1. The summed E-state index contributed by atoms with van der Waals surface area (Å²) in [6.45, 7) is 2.45. The third kappa shape index (κ3) is 2.99. The van der Waals surface area contributed by atoms with E-state index in [0.717, 1.165) is 6.07 Å². The topological polar surface area (TPSA) is 92.4 Å². The molecule has 0 unspecified atom stereocenters. The van der Waals surface area contributed by atoms with Gasteiger partial charge in [-0.05, 0) is 13.8 Å². The first-order valence-electron chi connectivity index (χ1n) is 4.64. The van der Waals surface area contributed by atoms with Gasteiger partial charge in [0.05, 0.1) is 5.54 Å². The molecule has 1 heterocycles. The molecule has 18 heavy (non-hydrogen) atoms. The number of alkyl halides is 3. The second kappa shape index (κ2) is 4.31. The number of nitrogens with one attached hydrogen (secondary N) is 1. The fourth-order valence-electron chi connectivity index (χ4n) is 1.09. The Morgan fingerprint density at radius 2 is 1.94 bits per heavy atom. The van der Waals surface area contributed by atoms with Gasteiger partial charge in [-0.25, -0.2) is 4.79 Å². The van der Waals surface area contributed by atoms with Crippen LogP contribution in [0.1, 0.15) is 30.1 Å². The molecule has 0 aromatic carbocycles. The van der Waals surface area contributed by atoms with E-state index in [9.17, 15) is 22.8 Å². The van der Waals surface area contributed by atoms with Gasteiger partial charge in [-0.1, -0.05) is 5.16 Å². The summed E-state index contributed by atoms with van der Waals surface area (Å²) in [5, 5.41) is 13.4. The molecule has 1 amide bonds. The van der Waals surface area contributed by atoms with Crippen LogP contribution in [-0.2, 0) is 10.3 Å². The van der Waals surface area contributed by atoms with Gasteiger partial charge < -0.3 is 14.9 Å². The second-order valence-electron chi connectivity index (χ2n) is 3.96. The summed E-state index contributed by atoms with van der Waals surface area (Å²) in [7, 11) is 0. The van der Waals surface area contributed by atoms with Crippen molar-refractivity contribution in [3.8, 4) is 0 Å². The lowest BCUT2D eigenvalue weighted by Crippen LogP contribution is -2.47. The molecule has 0 bridgehead atoms. The third-order valence-electron chi connectivity index (χ3n) is 2.03. The van der Waals surface area contributed by atoms with Crippen LogP contribution in [0.25, 0.3) is 0 Å². The van der Waals surface area contributed by atoms with E-state index in [1.165, 1.54) is 13.8 Å². The van der Waals surface area contributed by atoms with Crippen molar-refractivity contribution in [3.05, 3.63) is 17.5 Å². The molecule has 9 heteroatoms. The Morgan fingerprint density at radius 3 is 2.33 bits per heavy atom. The fraction of sp³-hybridized carbons (Fsp3) is 0.444. The molecule has 0 atom stereocenters. The maximum absolute atomic E-state index is 12.1. The normalized spacial score (nSPS) is 12.3. The van der Waals surface area contributed by atoms with Gasteiger partial charge >= 0.3 is 18.1 Å². The van der Waals surface area contributed by atoms with E-state index in [1.54, 1.807) is 5.32 Å². The average molecular weight is 266 g/mol. The van der Waals surface area contributed by atoms with E-state index >= 15 is 0 Å². The zero-order valence-electron chi connectivity index (χ0n) is 9.33. The lowest BCUT2D eigenvalue weighted by molar-refractivity contribution is -0.175. The number of hydrogen-bond donors (Lipinski definition) is 2. The molecule has 2 N–H and O–H groups in total. The van der Waals surface area contributed by atoms with Crippen LogP contribution >= 0.6 is 0 Å². The number of amides is 1. The first-order chi connectivity index (χ1) is 8.04. The van der Waals surface area contributed by atoms with E-state index in [0.29, 0.717) is 0 Å². The van der Waals surface area contributed by atoms with E-state index in [4.69, 9.17) is 5.11 Å². The maximum atomic E-state index is 12.1. The standard InChI is InChI=1S/C9H9F3N2O4/c1-8(2,13-7(17)9(10,11)12)5-3-4(6(15)16)14-18-5/h3H,1-2H3,(H,13,17)(H,15,16). The van der Waals surface area contributed by atoms with Crippen LogP contribution in [0.4, 0.5) is 13.2 Å². The fourth-order valence-corrected chi connectivity index (χ4v) is 1.09. The largest absolute Gasteiger partial charge is 0.476 e. The molecule has 0 saturated heterocycles. The van der Waals surface area contributed by atoms with Crippen molar-refractivity contribution in [2.45, 2.75) is 25.6 Å². The van der Waals surface area contributed by atoms with Crippen LogP contribution in [0.15, 0.2) is 10.6 Å². The molecule has 6 nitrogen and oxygen atoms in total. The SMILES string of the molecule is CC(C)(NC(=O)C(F)(F)F)c1cc(C(=O)O)no1. The number of halogens is 3. The number of rotatable bonds is 3. The molecule has 0 spiro atoms. The maximum Gasteiger partial charge on any atom is 0.471 e. The molecular formula is C9H9F3N2O4. The Morgan fingerprint density at radius 1 is 1.39 bits per heavy atom. The van der Waals surface area contributed by atoms with E-state index < -0.39 is 29.3 Å². The molecule has 0 aliphatic rings. The molecule has 1 aromatic rings. The van der Waals surface area contributed by atoms with Crippen molar-refractivity contribution in [2.75, 3.05) is 0 Å². The van der Waals surface area contributed by atoms with Crippen molar-refractivity contribution < 1.29 is 32.4 Å². The van der Waals surface area contributed by atoms with Crippen molar-refractivity contribution in [2.24, 2.45) is 0 Å². The van der Waals surface area contributed by atoms with Gasteiger partial charge in [-0.2, -0.15) is 13.2 Å². The van der Waals surface area contributed by atoms with Crippen LogP contribution in [0.5, 0.6) is 0 Å².